The van der Waals surface area contributed by atoms with E-state index in [9.17, 15) is 28.0 Å². The molecule has 10 heteroatoms. The third-order valence-electron chi connectivity index (χ3n) is 4.36. The molecule has 0 bridgehead atoms. The molecule has 0 radical (unpaired) electrons. The third kappa shape index (κ3) is 11.0. The van der Waals surface area contributed by atoms with Gasteiger partial charge in [0.25, 0.3) is 0 Å². The fourth-order valence-corrected chi connectivity index (χ4v) is 3.72. The standard InChI is InChI=1S/C18H32N2O6S.Na/c1-2-3-4-5-6-7-8-9-17(23)18-19(12-13-21)10-11-20(18)14-16(22)15-27(24,25)26;/h6-7,16,21-22H,2-5,8-15H2,1H3;/q;+1/b7-6+;. The van der Waals surface area contributed by atoms with E-state index >= 15 is 0 Å². The van der Waals surface area contributed by atoms with E-state index in [0.717, 1.165) is 12.8 Å². The Labute approximate surface area is 190 Å². The van der Waals surface area contributed by atoms with Crippen LogP contribution in [0.1, 0.15) is 45.4 Å². The summed E-state index contributed by atoms with van der Waals surface area (Å²) < 4.78 is 34.0. The number of nitrogens with zero attached hydrogens (tertiary/aromatic N) is 2. The number of aliphatic hydroxyl groups is 2. The number of unbranched alkanes of at least 4 members (excludes halogenated alkanes) is 3. The number of hydrogen-bond acceptors (Lipinski definition) is 7. The smallest absolute Gasteiger partial charge is 0.748 e. The fourth-order valence-electron chi connectivity index (χ4n) is 3.14. The van der Waals surface area contributed by atoms with Gasteiger partial charge in [-0.25, -0.2) is 8.42 Å². The number of Topliss-reactive ketones (excluding diaryl/α,β-unsaturated/α-hetero) is 1. The van der Waals surface area contributed by atoms with Crippen LogP contribution >= 0.6 is 0 Å². The fraction of sp³-hybridized carbons (Fsp3) is 0.778. The van der Waals surface area contributed by atoms with Gasteiger partial charge >= 0.3 is 35.4 Å². The summed E-state index contributed by atoms with van der Waals surface area (Å²) >= 11 is 0. The maximum atomic E-state index is 12.6. The molecule has 1 atom stereocenters. The van der Waals surface area contributed by atoms with Gasteiger partial charge in [0.05, 0.1) is 22.5 Å². The molecule has 0 aliphatic carbocycles. The van der Waals surface area contributed by atoms with Crippen molar-refractivity contribution in [3.63, 3.8) is 0 Å². The van der Waals surface area contributed by atoms with Gasteiger partial charge in [0, 0.05) is 6.42 Å². The zero-order chi connectivity index (χ0) is 20.3. The monoisotopic (exact) mass is 427 g/mol. The number of amidine groups is 1. The molecule has 8 nitrogen and oxygen atoms in total. The second-order valence-electron chi connectivity index (χ2n) is 6.79. The van der Waals surface area contributed by atoms with Crippen LogP contribution in [0, 0.1) is 0 Å². The molecule has 0 aromatic rings. The van der Waals surface area contributed by atoms with E-state index < -0.39 is 22.0 Å². The van der Waals surface area contributed by atoms with E-state index in [1.165, 1.54) is 12.8 Å². The van der Waals surface area contributed by atoms with Crippen molar-refractivity contribution in [2.75, 3.05) is 38.5 Å². The summed E-state index contributed by atoms with van der Waals surface area (Å²) in [7, 11) is -4.54. The largest absolute Gasteiger partial charge is 1.00 e. The van der Waals surface area contributed by atoms with E-state index in [0.29, 0.717) is 38.3 Å². The van der Waals surface area contributed by atoms with Crippen LogP contribution in [0.2, 0.25) is 0 Å². The van der Waals surface area contributed by atoms with Crippen LogP contribution in [0.25, 0.3) is 0 Å². The van der Waals surface area contributed by atoms with Gasteiger partial charge in [-0.05, 0) is 19.3 Å². The quantitative estimate of drug-likeness (QED) is 0.100. The number of hydrogen-bond donors (Lipinski definition) is 2. The Morgan fingerprint density at radius 3 is 2.61 bits per heavy atom. The summed E-state index contributed by atoms with van der Waals surface area (Å²) in [5, 5.41) is 19.1. The van der Waals surface area contributed by atoms with Crippen molar-refractivity contribution < 1.29 is 62.1 Å². The molecular formula is C18H32N2NaO6S+. The van der Waals surface area contributed by atoms with E-state index in [4.69, 9.17) is 0 Å². The number of β-amino-alcohol motifs (C(OH)–C–C–N with tert-alkyl or cyclic N) is 2. The van der Waals surface area contributed by atoms with Gasteiger partial charge in [-0.15, -0.1) is 0 Å². The molecule has 28 heavy (non-hydrogen) atoms. The van der Waals surface area contributed by atoms with Crippen molar-refractivity contribution >= 4 is 21.7 Å². The minimum Gasteiger partial charge on any atom is -0.748 e. The van der Waals surface area contributed by atoms with Crippen molar-refractivity contribution in [2.45, 2.75) is 51.6 Å². The average molecular weight is 428 g/mol. The van der Waals surface area contributed by atoms with Crippen molar-refractivity contribution in [3.8, 4) is 0 Å². The van der Waals surface area contributed by atoms with Crippen molar-refractivity contribution in [1.82, 2.24) is 4.90 Å². The molecule has 0 amide bonds. The molecule has 1 rings (SSSR count). The number of carbonyl (C=O) groups is 1. The summed E-state index contributed by atoms with van der Waals surface area (Å²) in [6.07, 6.45) is 8.10. The average Bonchev–Trinajstić information content (AvgIpc) is 2.94. The van der Waals surface area contributed by atoms with Crippen molar-refractivity contribution in [2.24, 2.45) is 0 Å². The van der Waals surface area contributed by atoms with Gasteiger partial charge in [0.2, 0.25) is 5.78 Å². The number of rotatable bonds is 14. The zero-order valence-corrected chi connectivity index (χ0v) is 19.9. The van der Waals surface area contributed by atoms with Crippen molar-refractivity contribution in [3.05, 3.63) is 12.2 Å². The Balaban J connectivity index is 0.00000729. The van der Waals surface area contributed by atoms with E-state index in [1.54, 1.807) is 9.48 Å². The van der Waals surface area contributed by atoms with Gasteiger partial charge in [0.1, 0.15) is 32.3 Å². The number of carbonyl (C=O) groups excluding carboxylic acids is 1. The maximum absolute atomic E-state index is 12.6. The summed E-state index contributed by atoms with van der Waals surface area (Å²) in [5.41, 5.74) is 0. The molecule has 2 N–H and O–H groups in total. The predicted molar refractivity (Wildman–Crippen MR) is 102 cm³/mol. The van der Waals surface area contributed by atoms with Gasteiger partial charge in [-0.1, -0.05) is 31.9 Å². The first-order valence-corrected chi connectivity index (χ1v) is 11.1. The number of allylic oxidation sites excluding steroid dienone is 2. The van der Waals surface area contributed by atoms with Gasteiger partial charge in [-0.2, -0.15) is 0 Å². The Morgan fingerprint density at radius 2 is 2.00 bits per heavy atom. The second kappa shape index (κ2) is 14.7. The molecule has 0 spiro atoms. The van der Waals surface area contributed by atoms with Crippen LogP contribution in [-0.2, 0) is 14.9 Å². The first-order valence-electron chi connectivity index (χ1n) is 9.56. The molecule has 1 heterocycles. The minimum atomic E-state index is -4.54. The van der Waals surface area contributed by atoms with Gasteiger partial charge in [0.15, 0.2) is 0 Å². The zero-order valence-electron chi connectivity index (χ0n) is 17.0. The first kappa shape index (κ1) is 27.7. The van der Waals surface area contributed by atoms with Gasteiger partial charge in [-0.3, -0.25) is 14.3 Å². The van der Waals surface area contributed by atoms with Crippen LogP contribution in [0.4, 0.5) is 0 Å². The number of aliphatic hydroxyl groups excluding tert-OH is 2. The molecule has 1 aliphatic rings. The molecule has 1 unspecified atom stereocenters. The molecule has 0 aromatic carbocycles. The summed E-state index contributed by atoms with van der Waals surface area (Å²) in [5.74, 6) is -0.618. The summed E-state index contributed by atoms with van der Waals surface area (Å²) in [6, 6.07) is 0. The predicted octanol–water partition coefficient (Wildman–Crippen LogP) is -2.90. The SMILES string of the molecule is CCCCC/C=C/CCC(=O)C1=[N+](CC(O)CS(=O)(=O)[O-])CCN1CCO.[Na+]. The second-order valence-corrected chi connectivity index (χ2v) is 8.24. The topological polar surface area (TPSA) is 121 Å². The molecule has 0 saturated carbocycles. The molecule has 1 aliphatic heterocycles. The molecule has 156 valence electrons. The van der Waals surface area contributed by atoms with Crippen molar-refractivity contribution in [1.29, 1.82) is 0 Å². The summed E-state index contributed by atoms with van der Waals surface area (Å²) in [6.45, 7) is 3.17. The van der Waals surface area contributed by atoms with Crippen LogP contribution in [0.15, 0.2) is 12.2 Å². The Kier molecular flexibility index (Phi) is 14.5. The van der Waals surface area contributed by atoms with Gasteiger partial charge < -0.3 is 14.8 Å². The Hall–Kier alpha value is -0.290. The van der Waals surface area contributed by atoms with Crippen LogP contribution in [0.5, 0.6) is 0 Å². The maximum Gasteiger partial charge on any atom is 1.00 e. The summed E-state index contributed by atoms with van der Waals surface area (Å²) in [4.78, 5) is 14.4. The van der Waals surface area contributed by atoms with E-state index in [1.807, 2.05) is 6.08 Å². The van der Waals surface area contributed by atoms with Crippen LogP contribution < -0.4 is 29.6 Å². The minimum absolute atomic E-state index is 0. The van der Waals surface area contributed by atoms with E-state index in [2.05, 4.69) is 13.0 Å². The number of ketones is 1. The first-order chi connectivity index (χ1) is 12.8. The molecule has 0 aromatic heterocycles. The molecule has 0 saturated heterocycles. The Bertz CT molecular complexity index is 636. The Morgan fingerprint density at radius 1 is 1.32 bits per heavy atom. The third-order valence-corrected chi connectivity index (χ3v) is 5.16. The van der Waals surface area contributed by atoms with Crippen LogP contribution in [0.3, 0.4) is 0 Å². The normalized spacial score (nSPS) is 15.9. The van der Waals surface area contributed by atoms with Crippen LogP contribution in [-0.4, -0.2) is 88.9 Å². The van der Waals surface area contributed by atoms with E-state index in [-0.39, 0.29) is 48.5 Å². The molecular weight excluding hydrogens is 395 g/mol. The molecule has 0 fully saturated rings.